The zero-order valence-corrected chi connectivity index (χ0v) is 11.6. The minimum absolute atomic E-state index is 0. The number of hydrogen-bond donors (Lipinski definition) is 0. The summed E-state index contributed by atoms with van der Waals surface area (Å²) in [6.45, 7) is 0. The van der Waals surface area contributed by atoms with E-state index in [4.69, 9.17) is 0 Å². The molecule has 0 heterocycles. The van der Waals surface area contributed by atoms with Gasteiger partial charge in [-0.05, 0) is 0 Å². The van der Waals surface area contributed by atoms with E-state index in [2.05, 4.69) is 0 Å². The summed E-state index contributed by atoms with van der Waals surface area (Å²) in [6.07, 6.45) is 0. The second kappa shape index (κ2) is 284. The van der Waals surface area contributed by atoms with Crippen LogP contribution in [-0.2, 0) is 115 Å². The summed E-state index contributed by atoms with van der Waals surface area (Å²) in [5.74, 6) is 0. The van der Waals surface area contributed by atoms with E-state index in [-0.39, 0.29) is 152 Å². The Morgan fingerprint density at radius 3 is 0.308 bits per heavy atom. The van der Waals surface area contributed by atoms with Crippen LogP contribution in [0.5, 0.6) is 0 Å². The minimum Gasteiger partial charge on any atom is -2.00 e. The monoisotopic (exact) mass is 338 g/mol. The zero-order valence-electron chi connectivity index (χ0n) is 6.49. The summed E-state index contributed by atoms with van der Waals surface area (Å²) in [6, 6.07) is 0. The molecular weight excluding hydrogens is 339 g/mol. The van der Waals surface area contributed by atoms with Gasteiger partial charge in [0.05, 0.1) is 0 Å². The van der Waals surface area contributed by atoms with Gasteiger partial charge in [-0.3, -0.25) is 0 Å². The van der Waals surface area contributed by atoms with Crippen molar-refractivity contribution in [2.45, 2.75) is 0 Å². The Morgan fingerprint density at radius 2 is 0.308 bits per heavy atom. The number of rotatable bonds is 0. The van der Waals surface area contributed by atoms with Gasteiger partial charge in [-0.2, -0.15) is 0 Å². The fraction of sp³-hybridized carbons (Fsp3) is 0. The van der Waals surface area contributed by atoms with Gasteiger partial charge in [0.15, 0.2) is 0 Å². The Kier molecular flexibility index (Phi) is 7560. The van der Waals surface area contributed by atoms with Crippen LogP contribution in [0, 0.1) is 0 Å². The van der Waals surface area contributed by atoms with Crippen LogP contribution >= 0.6 is 0 Å². The van der Waals surface area contributed by atoms with Crippen molar-refractivity contribution >= 4 is 0 Å². The first-order valence-electron chi connectivity index (χ1n) is 0. The van der Waals surface area contributed by atoms with E-state index in [0.717, 1.165) is 0 Å². The molecule has 0 unspecified atom stereocenters. The maximum Gasteiger partial charge on any atom is 4.00 e. The first-order chi connectivity index (χ1) is 0. The van der Waals surface area contributed by atoms with Gasteiger partial charge in [-0.15, -0.1) is 0 Å². The molecule has 0 aromatic carbocycles. The molecule has 0 bridgehead atoms. The molecule has 0 amide bonds. The average molecular weight is 339 g/mol. The summed E-state index contributed by atoms with van der Waals surface area (Å²) >= 11 is 0. The molecule has 7 nitrogen and oxygen atoms in total. The smallest absolute Gasteiger partial charge is 2.00 e. The summed E-state index contributed by atoms with van der Waals surface area (Å²) in [4.78, 5) is 0. The van der Waals surface area contributed by atoms with Gasteiger partial charge in [-0.25, -0.2) is 0 Å². The second-order valence-electron chi connectivity index (χ2n) is 0. The van der Waals surface area contributed by atoms with Crippen molar-refractivity contribution in [3.63, 3.8) is 0 Å². The molecule has 0 aliphatic carbocycles. The van der Waals surface area contributed by atoms with Crippen LogP contribution in [0.4, 0.5) is 0 Å². The molecule has 0 radical (unpaired) electrons. The van der Waals surface area contributed by atoms with Gasteiger partial charge in [0.2, 0.25) is 0 Å². The van der Waals surface area contributed by atoms with Crippen LogP contribution in [0.1, 0.15) is 0 Å². The van der Waals surface area contributed by atoms with Gasteiger partial charge in [0.25, 0.3) is 0 Å². The zero-order chi connectivity index (χ0) is 0. The SMILES string of the molecule is [Li+].[Li+].[Ni+2].[Ni+2].[O-2].[O-2].[O-2].[O-2].[O-2].[O-2].[O-2].[Ti+4].[Ti+4]. The molecule has 0 atom stereocenters. The summed E-state index contributed by atoms with van der Waals surface area (Å²) < 4.78 is 0. The third kappa shape index (κ3) is 246. The van der Waals surface area contributed by atoms with Gasteiger partial charge in [0, 0.05) is 0 Å². The van der Waals surface area contributed by atoms with Crippen LogP contribution < -0.4 is 37.7 Å². The second-order valence-corrected chi connectivity index (χ2v) is 0. The van der Waals surface area contributed by atoms with Crippen molar-refractivity contribution in [2.24, 2.45) is 0 Å². The normalized spacial score (nSPS) is 0. The molecule has 72 valence electrons. The molecule has 0 aliphatic rings. The van der Waals surface area contributed by atoms with E-state index < -0.39 is 0 Å². The Bertz CT molecular complexity index is 22.5. The van der Waals surface area contributed by atoms with Gasteiger partial charge < -0.3 is 38.3 Å². The van der Waals surface area contributed by atoms with Gasteiger partial charge in [0.1, 0.15) is 0 Å². The van der Waals surface area contributed by atoms with Crippen molar-refractivity contribution in [1.29, 1.82) is 0 Å². The Hall–Kier alpha value is 3.33. The molecule has 0 spiro atoms. The van der Waals surface area contributed by atoms with Crippen molar-refractivity contribution < 1.29 is 152 Å². The molecule has 0 N–H and O–H groups in total. The topological polar surface area (TPSA) is 200 Å². The Morgan fingerprint density at radius 1 is 0.308 bits per heavy atom. The molecule has 0 rings (SSSR count). The van der Waals surface area contributed by atoms with Crippen LogP contribution in [0.25, 0.3) is 0 Å². The molecule has 13 heavy (non-hydrogen) atoms. The quantitative estimate of drug-likeness (QED) is 0.378. The first kappa shape index (κ1) is 346. The van der Waals surface area contributed by atoms with Gasteiger partial charge in [-0.1, -0.05) is 0 Å². The van der Waals surface area contributed by atoms with Crippen LogP contribution in [0.3, 0.4) is 0 Å². The summed E-state index contributed by atoms with van der Waals surface area (Å²) in [5.41, 5.74) is 0. The van der Waals surface area contributed by atoms with Crippen molar-refractivity contribution in [1.82, 2.24) is 0 Å². The largest absolute Gasteiger partial charge is 4.00 e. The first-order valence-corrected chi connectivity index (χ1v) is 0. The fourth-order valence-corrected chi connectivity index (χ4v) is 0. The standard InChI is InChI=1S/2Li.2Ni.7O.2Ti/q2*+1;2*+2;7*-2;2*+4. The van der Waals surface area contributed by atoms with E-state index in [1.54, 1.807) is 0 Å². The van der Waals surface area contributed by atoms with Crippen LogP contribution in [0.15, 0.2) is 0 Å². The predicted molar refractivity (Wildman–Crippen MR) is 4.81 cm³/mol. The van der Waals surface area contributed by atoms with Crippen LogP contribution in [0.2, 0.25) is 0 Å². The molecule has 0 aromatic rings. The summed E-state index contributed by atoms with van der Waals surface area (Å²) in [5, 5.41) is 0. The van der Waals surface area contributed by atoms with Crippen molar-refractivity contribution in [2.75, 3.05) is 0 Å². The van der Waals surface area contributed by atoms with E-state index in [9.17, 15) is 0 Å². The average Bonchev–Trinajstić information content (AvgIpc) is 0. The van der Waals surface area contributed by atoms with E-state index in [0.29, 0.717) is 0 Å². The maximum atomic E-state index is 0. The third-order valence-corrected chi connectivity index (χ3v) is 0. The van der Waals surface area contributed by atoms with E-state index >= 15 is 0 Å². The molecule has 0 saturated carbocycles. The third-order valence-electron chi connectivity index (χ3n) is 0. The van der Waals surface area contributed by atoms with Crippen LogP contribution in [-0.4, -0.2) is 0 Å². The fourth-order valence-electron chi connectivity index (χ4n) is 0. The molecule has 0 saturated heterocycles. The molecule has 13 heteroatoms. The Balaban J connectivity index is 0. The molecule has 0 fully saturated rings. The van der Waals surface area contributed by atoms with Crippen molar-refractivity contribution in [3.8, 4) is 0 Å². The maximum absolute atomic E-state index is 0. The molecule has 0 aromatic heterocycles. The predicted octanol–water partition coefficient (Wildman–Crippen LogP) is -6.83. The van der Waals surface area contributed by atoms with Crippen molar-refractivity contribution in [3.05, 3.63) is 0 Å². The van der Waals surface area contributed by atoms with E-state index in [1.807, 2.05) is 0 Å². The van der Waals surface area contributed by atoms with Gasteiger partial charge >= 0.3 is 114 Å². The molecular formula is Li2Ni2O7Ti2. The summed E-state index contributed by atoms with van der Waals surface area (Å²) in [7, 11) is 0. The Labute approximate surface area is 150 Å². The minimum atomic E-state index is 0. The van der Waals surface area contributed by atoms with E-state index in [1.165, 1.54) is 0 Å². The number of hydrogen-bond acceptors (Lipinski definition) is 0. The molecule has 0 aliphatic heterocycles.